The molecule has 0 spiro atoms. The molecule has 0 aliphatic rings. The predicted octanol–water partition coefficient (Wildman–Crippen LogP) is 4.83. The zero-order valence-electron chi connectivity index (χ0n) is 12.2. The van der Waals surface area contributed by atoms with E-state index in [-0.39, 0.29) is 0 Å². The third-order valence-corrected chi connectivity index (χ3v) is 4.31. The Bertz CT molecular complexity index is 780. The van der Waals surface area contributed by atoms with Crippen molar-refractivity contribution in [3.8, 4) is 16.2 Å². The normalized spacial score (nSPS) is 11.1. The number of aryl methyl sites for hydroxylation is 1. The van der Waals surface area contributed by atoms with Gasteiger partial charge in [-0.05, 0) is 53.3 Å². The van der Waals surface area contributed by atoms with Crippen LogP contribution in [0.3, 0.4) is 0 Å². The number of pyridine rings is 1. The molecule has 3 rings (SSSR count). The molecule has 0 amide bonds. The molecular weight excluding hydrogens is 292 g/mol. The fourth-order valence-electron chi connectivity index (χ4n) is 2.24. The van der Waals surface area contributed by atoms with Crippen molar-refractivity contribution in [2.24, 2.45) is 4.99 Å². The number of aliphatic imine (C=N–C) groups is 1. The minimum atomic E-state index is 0.294. The van der Waals surface area contributed by atoms with Crippen LogP contribution < -0.4 is 0 Å². The highest BCUT2D eigenvalue weighted by molar-refractivity contribution is 7.13. The van der Waals surface area contributed by atoms with Gasteiger partial charge in [0.05, 0.1) is 0 Å². The Hall–Kier alpha value is -2.46. The maximum atomic E-state index is 10.4. The highest BCUT2D eigenvalue weighted by Gasteiger charge is 2.09. The monoisotopic (exact) mass is 308 g/mol. The van der Waals surface area contributed by atoms with Gasteiger partial charge in [-0.3, -0.25) is 0 Å². The Morgan fingerprint density at radius 3 is 2.82 bits per heavy atom. The van der Waals surface area contributed by atoms with Gasteiger partial charge in [0.25, 0.3) is 0 Å². The first-order chi connectivity index (χ1) is 10.8. The summed E-state index contributed by atoms with van der Waals surface area (Å²) in [4.78, 5) is 9.69. The first-order valence-corrected chi connectivity index (χ1v) is 8.00. The van der Waals surface area contributed by atoms with Gasteiger partial charge in [-0.1, -0.05) is 19.1 Å². The minimum Gasteiger partial charge on any atom is -0.507 e. The molecule has 2 heterocycles. The van der Waals surface area contributed by atoms with Crippen molar-refractivity contribution in [3.63, 3.8) is 0 Å². The molecule has 4 heteroatoms. The lowest BCUT2D eigenvalue weighted by Crippen LogP contribution is -1.91. The Kier molecular flexibility index (Phi) is 4.30. The molecule has 110 valence electrons. The van der Waals surface area contributed by atoms with Crippen molar-refractivity contribution < 1.29 is 5.11 Å². The van der Waals surface area contributed by atoms with E-state index >= 15 is 0 Å². The third kappa shape index (κ3) is 3.07. The number of rotatable bonds is 4. The molecule has 0 fully saturated rings. The van der Waals surface area contributed by atoms with Gasteiger partial charge in [0.15, 0.2) is 5.82 Å². The second-order valence-corrected chi connectivity index (χ2v) is 5.80. The van der Waals surface area contributed by atoms with Gasteiger partial charge >= 0.3 is 0 Å². The SMILES string of the molecule is CCc1cc(-c2cccs2)cc(C=Nc2ccccn2)c1O. The molecule has 2 aromatic heterocycles. The number of phenols is 1. The van der Waals surface area contributed by atoms with Gasteiger partial charge in [-0.15, -0.1) is 11.3 Å². The molecule has 0 bridgehead atoms. The Balaban J connectivity index is 2.03. The lowest BCUT2D eigenvalue weighted by molar-refractivity contribution is 0.468. The topological polar surface area (TPSA) is 45.5 Å². The molecule has 0 radical (unpaired) electrons. The highest BCUT2D eigenvalue weighted by Crippen LogP contribution is 2.32. The number of thiophene rings is 1. The van der Waals surface area contributed by atoms with Gasteiger partial charge in [0, 0.05) is 22.9 Å². The van der Waals surface area contributed by atoms with Crippen LogP contribution in [0.25, 0.3) is 10.4 Å². The van der Waals surface area contributed by atoms with Gasteiger partial charge in [-0.2, -0.15) is 0 Å². The quantitative estimate of drug-likeness (QED) is 0.702. The fraction of sp³-hybridized carbons (Fsp3) is 0.111. The number of benzene rings is 1. The van der Waals surface area contributed by atoms with Crippen LogP contribution in [0.2, 0.25) is 0 Å². The van der Waals surface area contributed by atoms with Crippen molar-refractivity contribution >= 4 is 23.4 Å². The van der Waals surface area contributed by atoms with E-state index in [1.807, 2.05) is 43.3 Å². The third-order valence-electron chi connectivity index (χ3n) is 3.39. The maximum absolute atomic E-state index is 10.4. The minimum absolute atomic E-state index is 0.294. The molecule has 1 aromatic carbocycles. The lowest BCUT2D eigenvalue weighted by atomic mass is 10.0. The Morgan fingerprint density at radius 1 is 1.23 bits per heavy atom. The molecule has 0 unspecified atom stereocenters. The van der Waals surface area contributed by atoms with E-state index in [0.29, 0.717) is 17.1 Å². The summed E-state index contributed by atoms with van der Waals surface area (Å²) in [6.45, 7) is 2.03. The standard InChI is InChI=1S/C18H16N2OS/c1-2-13-10-14(16-6-5-9-22-16)11-15(18(13)21)12-20-17-7-3-4-8-19-17/h3-12,21H,2H2,1H3. The molecule has 3 nitrogen and oxygen atoms in total. The smallest absolute Gasteiger partial charge is 0.151 e. The van der Waals surface area contributed by atoms with E-state index in [0.717, 1.165) is 17.5 Å². The Morgan fingerprint density at radius 2 is 2.14 bits per heavy atom. The number of nitrogens with zero attached hydrogens (tertiary/aromatic N) is 2. The van der Waals surface area contributed by atoms with E-state index in [1.54, 1.807) is 23.7 Å². The molecular formula is C18H16N2OS. The van der Waals surface area contributed by atoms with Crippen molar-refractivity contribution in [2.75, 3.05) is 0 Å². The average Bonchev–Trinajstić information content (AvgIpc) is 3.09. The van der Waals surface area contributed by atoms with Crippen LogP contribution in [0.1, 0.15) is 18.1 Å². The summed E-state index contributed by atoms with van der Waals surface area (Å²) in [5.41, 5.74) is 2.74. The molecule has 0 atom stereocenters. The molecule has 0 saturated carbocycles. The van der Waals surface area contributed by atoms with Crippen molar-refractivity contribution in [1.82, 2.24) is 4.98 Å². The predicted molar refractivity (Wildman–Crippen MR) is 92.3 cm³/mol. The van der Waals surface area contributed by atoms with Crippen LogP contribution in [-0.2, 0) is 6.42 Å². The number of phenolic OH excluding ortho intramolecular Hbond substituents is 1. The first-order valence-electron chi connectivity index (χ1n) is 7.13. The van der Waals surface area contributed by atoms with Gasteiger partial charge in [-0.25, -0.2) is 9.98 Å². The number of hydrogen-bond acceptors (Lipinski definition) is 4. The van der Waals surface area contributed by atoms with Crippen LogP contribution in [0.4, 0.5) is 5.82 Å². The summed E-state index contributed by atoms with van der Waals surface area (Å²) < 4.78 is 0. The number of aromatic nitrogens is 1. The molecule has 0 saturated heterocycles. The van der Waals surface area contributed by atoms with Crippen molar-refractivity contribution in [2.45, 2.75) is 13.3 Å². The summed E-state index contributed by atoms with van der Waals surface area (Å²) in [5.74, 6) is 0.920. The van der Waals surface area contributed by atoms with Gasteiger partial charge < -0.3 is 5.11 Å². The number of hydrogen-bond donors (Lipinski definition) is 1. The molecule has 3 aromatic rings. The van der Waals surface area contributed by atoms with Crippen molar-refractivity contribution in [1.29, 1.82) is 0 Å². The second-order valence-electron chi connectivity index (χ2n) is 4.85. The largest absolute Gasteiger partial charge is 0.507 e. The van der Waals surface area contributed by atoms with E-state index in [2.05, 4.69) is 21.4 Å². The van der Waals surface area contributed by atoms with Crippen LogP contribution >= 0.6 is 11.3 Å². The van der Waals surface area contributed by atoms with E-state index in [1.165, 1.54) is 4.88 Å². The summed E-state index contributed by atoms with van der Waals surface area (Å²) in [7, 11) is 0. The van der Waals surface area contributed by atoms with E-state index in [4.69, 9.17) is 0 Å². The van der Waals surface area contributed by atoms with Crippen LogP contribution in [-0.4, -0.2) is 16.3 Å². The molecule has 0 aliphatic heterocycles. The summed E-state index contributed by atoms with van der Waals surface area (Å²) in [5, 5.41) is 12.4. The highest BCUT2D eigenvalue weighted by atomic mass is 32.1. The zero-order valence-corrected chi connectivity index (χ0v) is 13.0. The molecule has 0 aliphatic carbocycles. The summed E-state index contributed by atoms with van der Waals surface area (Å²) in [6.07, 6.45) is 4.15. The fourth-order valence-corrected chi connectivity index (χ4v) is 2.95. The summed E-state index contributed by atoms with van der Waals surface area (Å²) in [6, 6.07) is 13.7. The van der Waals surface area contributed by atoms with E-state index in [9.17, 15) is 5.11 Å². The zero-order chi connectivity index (χ0) is 15.4. The summed E-state index contributed by atoms with van der Waals surface area (Å²) >= 11 is 1.69. The first kappa shape index (κ1) is 14.5. The van der Waals surface area contributed by atoms with E-state index < -0.39 is 0 Å². The lowest BCUT2D eigenvalue weighted by Gasteiger charge is -2.08. The van der Waals surface area contributed by atoms with Crippen LogP contribution in [0, 0.1) is 0 Å². The van der Waals surface area contributed by atoms with Gasteiger partial charge in [0.2, 0.25) is 0 Å². The van der Waals surface area contributed by atoms with Crippen molar-refractivity contribution in [3.05, 3.63) is 65.2 Å². The maximum Gasteiger partial charge on any atom is 0.151 e. The van der Waals surface area contributed by atoms with Crippen LogP contribution in [0.5, 0.6) is 5.75 Å². The molecule has 22 heavy (non-hydrogen) atoms. The average molecular weight is 308 g/mol. The number of aromatic hydroxyl groups is 1. The van der Waals surface area contributed by atoms with Crippen LogP contribution in [0.15, 0.2) is 59.0 Å². The second kappa shape index (κ2) is 6.54. The molecule has 1 N–H and O–H groups in total. The Labute approximate surface area is 133 Å². The van der Waals surface area contributed by atoms with Gasteiger partial charge in [0.1, 0.15) is 5.75 Å².